The lowest BCUT2D eigenvalue weighted by molar-refractivity contribution is 0.0725. The molecule has 5 rings (SSSR count). The topological polar surface area (TPSA) is 106 Å². The molecule has 3 N–H and O–H groups in total. The van der Waals surface area contributed by atoms with Crippen LogP contribution < -0.4 is 11.1 Å². The van der Waals surface area contributed by atoms with Crippen molar-refractivity contribution in [2.75, 3.05) is 18.8 Å². The number of nitrogens with two attached hydrogens (primary N) is 1. The van der Waals surface area contributed by atoms with Gasteiger partial charge in [0.1, 0.15) is 5.82 Å². The van der Waals surface area contributed by atoms with Crippen LogP contribution in [0.2, 0.25) is 0 Å². The van der Waals surface area contributed by atoms with E-state index in [0.29, 0.717) is 24.2 Å². The van der Waals surface area contributed by atoms with Crippen LogP contribution in [-0.4, -0.2) is 50.6 Å². The third-order valence-corrected chi connectivity index (χ3v) is 6.55. The molecule has 1 atom stereocenters. The Balaban J connectivity index is 1.28. The van der Waals surface area contributed by atoms with Gasteiger partial charge in [-0.25, -0.2) is 4.98 Å². The second-order valence-electron chi connectivity index (χ2n) is 9.01. The highest BCUT2D eigenvalue weighted by molar-refractivity contribution is 5.99. The van der Waals surface area contributed by atoms with Gasteiger partial charge in [0.05, 0.1) is 11.8 Å². The number of aryl methyl sites for hydroxylation is 1. The molecule has 2 aromatic heterocycles. The highest BCUT2D eigenvalue weighted by Crippen LogP contribution is 2.25. The highest BCUT2D eigenvalue weighted by Gasteiger charge is 2.30. The van der Waals surface area contributed by atoms with Crippen molar-refractivity contribution in [1.29, 1.82) is 0 Å². The van der Waals surface area contributed by atoms with Crippen LogP contribution >= 0.6 is 0 Å². The first-order valence-corrected chi connectivity index (χ1v) is 12.0. The first-order chi connectivity index (χ1) is 17.5. The molecular formula is C28H28N6O2. The summed E-state index contributed by atoms with van der Waals surface area (Å²) < 4.78 is 1.69. The lowest BCUT2D eigenvalue weighted by atomic mass is 10.0. The quantitative estimate of drug-likeness (QED) is 0.437. The molecule has 2 amide bonds. The fraction of sp³-hybridized carbons (Fsp3) is 0.214. The Bertz CT molecular complexity index is 1400. The summed E-state index contributed by atoms with van der Waals surface area (Å²) in [5.74, 6) is -0.169. The monoisotopic (exact) mass is 480 g/mol. The van der Waals surface area contributed by atoms with Gasteiger partial charge in [0, 0.05) is 55.3 Å². The fourth-order valence-electron chi connectivity index (χ4n) is 4.63. The zero-order valence-corrected chi connectivity index (χ0v) is 20.1. The Morgan fingerprint density at radius 3 is 2.58 bits per heavy atom. The summed E-state index contributed by atoms with van der Waals surface area (Å²) in [6.07, 6.45) is 6.91. The van der Waals surface area contributed by atoms with Crippen LogP contribution in [-0.2, 0) is 7.05 Å². The number of amides is 2. The summed E-state index contributed by atoms with van der Waals surface area (Å²) in [7, 11) is 1.83. The molecule has 1 fully saturated rings. The third kappa shape index (κ3) is 4.84. The van der Waals surface area contributed by atoms with Gasteiger partial charge in [-0.1, -0.05) is 42.5 Å². The molecule has 0 spiro atoms. The Kier molecular flexibility index (Phi) is 6.49. The Hall–Kier alpha value is -4.46. The van der Waals surface area contributed by atoms with Gasteiger partial charge < -0.3 is 16.0 Å². The average molecular weight is 481 g/mol. The number of anilines is 1. The van der Waals surface area contributed by atoms with Crippen molar-refractivity contribution >= 4 is 17.6 Å². The molecule has 8 nitrogen and oxygen atoms in total. The fourth-order valence-corrected chi connectivity index (χ4v) is 4.63. The maximum Gasteiger partial charge on any atom is 0.255 e. The standard InChI is InChI=1S/C28H28N6O2/c1-33-18-23(16-32-33)22-14-25(26(29)30-15-22)27(35)31-17-24-11-6-12-34(24)28(36)21-10-5-9-20(13-21)19-7-3-2-4-8-19/h2-5,7-10,13-16,18,24H,6,11-12,17H2,1H3,(H2,29,30)(H,31,35). The van der Waals surface area contributed by atoms with Gasteiger partial charge in [0.25, 0.3) is 11.8 Å². The van der Waals surface area contributed by atoms with Gasteiger partial charge in [-0.05, 0) is 42.2 Å². The molecule has 4 aromatic rings. The highest BCUT2D eigenvalue weighted by atomic mass is 16.2. The number of aromatic nitrogens is 3. The van der Waals surface area contributed by atoms with Crippen molar-refractivity contribution < 1.29 is 9.59 Å². The van der Waals surface area contributed by atoms with Crippen LogP contribution in [0, 0.1) is 0 Å². The Labute approximate surface area is 209 Å². The molecular weight excluding hydrogens is 452 g/mol. The van der Waals surface area contributed by atoms with Crippen molar-refractivity contribution in [3.8, 4) is 22.3 Å². The van der Waals surface area contributed by atoms with E-state index in [4.69, 9.17) is 5.73 Å². The molecule has 36 heavy (non-hydrogen) atoms. The molecule has 0 bridgehead atoms. The Morgan fingerprint density at radius 1 is 1.00 bits per heavy atom. The summed E-state index contributed by atoms with van der Waals surface area (Å²) in [6.45, 7) is 1.01. The van der Waals surface area contributed by atoms with Gasteiger partial charge in [-0.2, -0.15) is 5.10 Å². The van der Waals surface area contributed by atoms with E-state index in [1.54, 1.807) is 23.1 Å². The van der Waals surface area contributed by atoms with Crippen molar-refractivity contribution in [1.82, 2.24) is 25.0 Å². The molecule has 182 valence electrons. The SMILES string of the molecule is Cn1cc(-c2cnc(N)c(C(=O)NCC3CCCN3C(=O)c3cccc(-c4ccccc4)c3)c2)cn1. The number of nitrogen functional groups attached to an aromatic ring is 1. The number of pyridine rings is 1. The molecule has 8 heteroatoms. The minimum atomic E-state index is -0.309. The number of carbonyl (C=O) groups excluding carboxylic acids is 2. The molecule has 1 aliphatic rings. The molecule has 0 saturated carbocycles. The number of likely N-dealkylation sites (tertiary alicyclic amines) is 1. The van der Waals surface area contributed by atoms with E-state index < -0.39 is 0 Å². The smallest absolute Gasteiger partial charge is 0.255 e. The van der Waals surface area contributed by atoms with Crippen LogP contribution in [0.5, 0.6) is 0 Å². The minimum Gasteiger partial charge on any atom is -0.383 e. The summed E-state index contributed by atoms with van der Waals surface area (Å²) in [4.78, 5) is 32.4. The van der Waals surface area contributed by atoms with E-state index in [0.717, 1.165) is 35.1 Å². The second kappa shape index (κ2) is 10.0. The first-order valence-electron chi connectivity index (χ1n) is 12.0. The van der Waals surface area contributed by atoms with Crippen molar-refractivity contribution in [3.05, 3.63) is 90.4 Å². The van der Waals surface area contributed by atoms with Crippen LogP contribution in [0.1, 0.15) is 33.6 Å². The van der Waals surface area contributed by atoms with Gasteiger partial charge in [0.15, 0.2) is 0 Å². The van der Waals surface area contributed by atoms with E-state index in [1.807, 2.05) is 72.7 Å². The largest absolute Gasteiger partial charge is 0.383 e. The van der Waals surface area contributed by atoms with Crippen LogP contribution in [0.15, 0.2) is 79.3 Å². The number of nitrogens with one attached hydrogen (secondary N) is 1. The van der Waals surface area contributed by atoms with Crippen LogP contribution in [0.25, 0.3) is 22.3 Å². The summed E-state index contributed by atoms with van der Waals surface area (Å²) >= 11 is 0. The van der Waals surface area contributed by atoms with Gasteiger partial charge in [0.2, 0.25) is 0 Å². The minimum absolute atomic E-state index is 0.0238. The summed E-state index contributed by atoms with van der Waals surface area (Å²) in [5.41, 5.74) is 10.6. The lowest BCUT2D eigenvalue weighted by Gasteiger charge is -2.25. The maximum atomic E-state index is 13.4. The van der Waals surface area contributed by atoms with Crippen molar-refractivity contribution in [3.63, 3.8) is 0 Å². The van der Waals surface area contributed by atoms with E-state index in [2.05, 4.69) is 15.4 Å². The van der Waals surface area contributed by atoms with Crippen LogP contribution in [0.4, 0.5) is 5.82 Å². The van der Waals surface area contributed by atoms with E-state index in [1.165, 1.54) is 0 Å². The summed E-state index contributed by atoms with van der Waals surface area (Å²) in [5, 5.41) is 7.14. The molecule has 2 aromatic carbocycles. The van der Waals surface area contributed by atoms with Crippen LogP contribution in [0.3, 0.4) is 0 Å². The third-order valence-electron chi connectivity index (χ3n) is 6.55. The zero-order valence-electron chi connectivity index (χ0n) is 20.1. The number of hydrogen-bond donors (Lipinski definition) is 2. The molecule has 1 unspecified atom stereocenters. The maximum absolute atomic E-state index is 13.4. The molecule has 3 heterocycles. The van der Waals surface area contributed by atoms with E-state index >= 15 is 0 Å². The zero-order chi connectivity index (χ0) is 25.1. The van der Waals surface area contributed by atoms with E-state index in [9.17, 15) is 9.59 Å². The molecule has 1 aliphatic heterocycles. The van der Waals surface area contributed by atoms with Gasteiger partial charge in [-0.3, -0.25) is 14.3 Å². The Morgan fingerprint density at radius 2 is 1.81 bits per heavy atom. The first kappa shape index (κ1) is 23.3. The number of hydrogen-bond acceptors (Lipinski definition) is 5. The van der Waals surface area contributed by atoms with Gasteiger partial charge >= 0.3 is 0 Å². The lowest BCUT2D eigenvalue weighted by Crippen LogP contribution is -2.43. The number of carbonyl (C=O) groups is 2. The molecule has 1 saturated heterocycles. The number of rotatable bonds is 6. The molecule has 0 radical (unpaired) electrons. The predicted octanol–water partition coefficient (Wildman–Crippen LogP) is 3.77. The number of nitrogens with zero attached hydrogens (tertiary/aromatic N) is 4. The second-order valence-corrected chi connectivity index (χ2v) is 9.01. The van der Waals surface area contributed by atoms with Crippen molar-refractivity contribution in [2.24, 2.45) is 7.05 Å². The van der Waals surface area contributed by atoms with E-state index in [-0.39, 0.29) is 23.7 Å². The van der Waals surface area contributed by atoms with Crippen molar-refractivity contribution in [2.45, 2.75) is 18.9 Å². The average Bonchev–Trinajstić information content (AvgIpc) is 3.57. The summed E-state index contributed by atoms with van der Waals surface area (Å²) in [6, 6.07) is 19.3. The molecule has 0 aliphatic carbocycles. The predicted molar refractivity (Wildman–Crippen MR) is 139 cm³/mol. The van der Waals surface area contributed by atoms with Gasteiger partial charge in [-0.15, -0.1) is 0 Å². The number of benzene rings is 2. The normalized spacial score (nSPS) is 15.1.